The summed E-state index contributed by atoms with van der Waals surface area (Å²) >= 11 is 0. The maximum atomic E-state index is 12.6. The van der Waals surface area contributed by atoms with E-state index < -0.39 is 5.41 Å². The zero-order valence-corrected chi connectivity index (χ0v) is 12.3. The van der Waals surface area contributed by atoms with Crippen molar-refractivity contribution in [1.82, 2.24) is 5.32 Å². The standard InChI is InChI=1S/C16H24N2O2/c1-12-3-5-14(6-4-12)13(2)18-15(19)16(11-17)7-9-20-10-8-16/h3-6,13H,7-11,17H2,1-2H3,(H,18,19)/t13-/m1/s1. The second-order valence-corrected chi connectivity index (χ2v) is 5.70. The highest BCUT2D eigenvalue weighted by molar-refractivity contribution is 5.83. The summed E-state index contributed by atoms with van der Waals surface area (Å²) in [5.74, 6) is 0.0522. The largest absolute Gasteiger partial charge is 0.381 e. The van der Waals surface area contributed by atoms with Crippen LogP contribution in [0.25, 0.3) is 0 Å². The molecule has 1 atom stereocenters. The SMILES string of the molecule is Cc1ccc([C@@H](C)NC(=O)C2(CN)CCOCC2)cc1. The fourth-order valence-electron chi connectivity index (χ4n) is 2.57. The van der Waals surface area contributed by atoms with Crippen molar-refractivity contribution in [3.63, 3.8) is 0 Å². The zero-order chi connectivity index (χ0) is 14.6. The molecule has 1 aliphatic rings. The molecule has 0 unspecified atom stereocenters. The van der Waals surface area contributed by atoms with Gasteiger partial charge in [-0.15, -0.1) is 0 Å². The quantitative estimate of drug-likeness (QED) is 0.883. The van der Waals surface area contributed by atoms with E-state index in [1.165, 1.54) is 5.56 Å². The third-order valence-electron chi connectivity index (χ3n) is 4.25. The Bertz CT molecular complexity index is 450. The molecule has 2 rings (SSSR count). The summed E-state index contributed by atoms with van der Waals surface area (Å²) in [5, 5.41) is 3.10. The van der Waals surface area contributed by atoms with Gasteiger partial charge in [0.2, 0.25) is 5.91 Å². The van der Waals surface area contributed by atoms with Gasteiger partial charge in [0.15, 0.2) is 0 Å². The molecule has 3 N–H and O–H groups in total. The lowest BCUT2D eigenvalue weighted by Crippen LogP contribution is -2.49. The molecule has 1 fully saturated rings. The van der Waals surface area contributed by atoms with Crippen LogP contribution in [0.1, 0.15) is 36.9 Å². The molecule has 4 heteroatoms. The van der Waals surface area contributed by atoms with Crippen LogP contribution in [0.4, 0.5) is 0 Å². The summed E-state index contributed by atoms with van der Waals surface area (Å²) in [6, 6.07) is 8.23. The molecule has 4 nitrogen and oxygen atoms in total. The molecule has 0 radical (unpaired) electrons. The molecule has 1 aliphatic heterocycles. The number of nitrogens with one attached hydrogen (secondary N) is 1. The minimum atomic E-state index is -0.461. The molecule has 20 heavy (non-hydrogen) atoms. The van der Waals surface area contributed by atoms with Crippen LogP contribution in [0, 0.1) is 12.3 Å². The number of benzene rings is 1. The molecule has 0 aromatic heterocycles. The molecular weight excluding hydrogens is 252 g/mol. The number of carbonyl (C=O) groups is 1. The Hall–Kier alpha value is -1.39. The molecule has 0 bridgehead atoms. The summed E-state index contributed by atoms with van der Waals surface area (Å²) in [6.07, 6.45) is 1.41. The van der Waals surface area contributed by atoms with Gasteiger partial charge in [-0.05, 0) is 32.3 Å². The van der Waals surface area contributed by atoms with Gasteiger partial charge in [-0.2, -0.15) is 0 Å². The molecule has 0 spiro atoms. The molecule has 1 saturated heterocycles. The maximum Gasteiger partial charge on any atom is 0.228 e. The second kappa shape index (κ2) is 6.37. The van der Waals surface area contributed by atoms with E-state index >= 15 is 0 Å². The minimum Gasteiger partial charge on any atom is -0.381 e. The topological polar surface area (TPSA) is 64.4 Å². The Morgan fingerprint density at radius 1 is 1.35 bits per heavy atom. The maximum absolute atomic E-state index is 12.6. The number of ether oxygens (including phenoxy) is 1. The number of carbonyl (C=O) groups excluding carboxylic acids is 1. The van der Waals surface area contributed by atoms with E-state index in [9.17, 15) is 4.79 Å². The molecular formula is C16H24N2O2. The van der Waals surface area contributed by atoms with Crippen LogP contribution >= 0.6 is 0 Å². The highest BCUT2D eigenvalue weighted by Gasteiger charge is 2.39. The average molecular weight is 276 g/mol. The minimum absolute atomic E-state index is 0.00521. The summed E-state index contributed by atoms with van der Waals surface area (Å²) in [4.78, 5) is 12.6. The Morgan fingerprint density at radius 2 is 1.95 bits per heavy atom. The molecule has 0 saturated carbocycles. The van der Waals surface area contributed by atoms with Gasteiger partial charge in [-0.3, -0.25) is 4.79 Å². The van der Waals surface area contributed by atoms with Crippen LogP contribution in [0.2, 0.25) is 0 Å². The predicted octanol–water partition coefficient (Wildman–Crippen LogP) is 1.93. The third kappa shape index (κ3) is 3.19. The van der Waals surface area contributed by atoms with Gasteiger partial charge in [0.1, 0.15) is 0 Å². The molecule has 110 valence electrons. The third-order valence-corrected chi connectivity index (χ3v) is 4.25. The summed E-state index contributed by atoms with van der Waals surface area (Å²) in [7, 11) is 0. The second-order valence-electron chi connectivity index (χ2n) is 5.70. The molecule has 1 aromatic carbocycles. The number of nitrogens with two attached hydrogens (primary N) is 1. The zero-order valence-electron chi connectivity index (χ0n) is 12.3. The highest BCUT2D eigenvalue weighted by Crippen LogP contribution is 2.30. The van der Waals surface area contributed by atoms with Crippen LogP contribution < -0.4 is 11.1 Å². The summed E-state index contributed by atoms with van der Waals surface area (Å²) in [5.41, 5.74) is 7.73. The lowest BCUT2D eigenvalue weighted by atomic mass is 9.79. The Morgan fingerprint density at radius 3 is 2.50 bits per heavy atom. The van der Waals surface area contributed by atoms with E-state index in [2.05, 4.69) is 36.5 Å². The summed E-state index contributed by atoms with van der Waals surface area (Å²) in [6.45, 7) is 5.67. The number of aryl methyl sites for hydroxylation is 1. The normalized spacial score (nSPS) is 19.4. The number of rotatable bonds is 4. The van der Waals surface area contributed by atoms with E-state index in [1.54, 1.807) is 0 Å². The smallest absolute Gasteiger partial charge is 0.228 e. The van der Waals surface area contributed by atoms with Crippen LogP contribution in [-0.4, -0.2) is 25.7 Å². The van der Waals surface area contributed by atoms with Gasteiger partial charge in [-0.25, -0.2) is 0 Å². The fourth-order valence-corrected chi connectivity index (χ4v) is 2.57. The Labute approximate surface area is 120 Å². The monoisotopic (exact) mass is 276 g/mol. The van der Waals surface area contributed by atoms with E-state index in [-0.39, 0.29) is 11.9 Å². The number of amides is 1. The van der Waals surface area contributed by atoms with Crippen LogP contribution in [0.15, 0.2) is 24.3 Å². The van der Waals surface area contributed by atoms with Gasteiger partial charge < -0.3 is 15.8 Å². The van der Waals surface area contributed by atoms with Crippen LogP contribution in [0.5, 0.6) is 0 Å². The van der Waals surface area contributed by atoms with Crippen molar-refractivity contribution in [3.05, 3.63) is 35.4 Å². The number of hydrogen-bond donors (Lipinski definition) is 2. The van der Waals surface area contributed by atoms with Crippen molar-refractivity contribution >= 4 is 5.91 Å². The first-order valence-corrected chi connectivity index (χ1v) is 7.23. The van der Waals surface area contributed by atoms with E-state index in [0.717, 1.165) is 5.56 Å². The predicted molar refractivity (Wildman–Crippen MR) is 79.3 cm³/mol. The molecule has 1 heterocycles. The fraction of sp³-hybridized carbons (Fsp3) is 0.562. The van der Waals surface area contributed by atoms with E-state index in [4.69, 9.17) is 10.5 Å². The van der Waals surface area contributed by atoms with Crippen molar-refractivity contribution in [3.8, 4) is 0 Å². The van der Waals surface area contributed by atoms with Crippen molar-refractivity contribution in [2.45, 2.75) is 32.7 Å². The Balaban J connectivity index is 2.04. The highest BCUT2D eigenvalue weighted by atomic mass is 16.5. The van der Waals surface area contributed by atoms with Gasteiger partial charge >= 0.3 is 0 Å². The van der Waals surface area contributed by atoms with Crippen molar-refractivity contribution < 1.29 is 9.53 Å². The van der Waals surface area contributed by atoms with Crippen LogP contribution in [-0.2, 0) is 9.53 Å². The first-order valence-electron chi connectivity index (χ1n) is 7.23. The van der Waals surface area contributed by atoms with Gasteiger partial charge in [-0.1, -0.05) is 29.8 Å². The molecule has 1 aromatic rings. The van der Waals surface area contributed by atoms with Gasteiger partial charge in [0.25, 0.3) is 0 Å². The van der Waals surface area contributed by atoms with Crippen molar-refractivity contribution in [2.24, 2.45) is 11.1 Å². The first kappa shape index (κ1) is 15.0. The Kier molecular flexibility index (Phi) is 4.78. The molecule has 0 aliphatic carbocycles. The first-order chi connectivity index (χ1) is 9.57. The van der Waals surface area contributed by atoms with E-state index in [1.807, 2.05) is 6.92 Å². The number of hydrogen-bond acceptors (Lipinski definition) is 3. The van der Waals surface area contributed by atoms with Crippen molar-refractivity contribution in [2.75, 3.05) is 19.8 Å². The average Bonchev–Trinajstić information content (AvgIpc) is 2.48. The van der Waals surface area contributed by atoms with Crippen LogP contribution in [0.3, 0.4) is 0 Å². The summed E-state index contributed by atoms with van der Waals surface area (Å²) < 4.78 is 5.34. The van der Waals surface area contributed by atoms with Gasteiger partial charge in [0.05, 0.1) is 11.5 Å². The van der Waals surface area contributed by atoms with Crippen molar-refractivity contribution in [1.29, 1.82) is 0 Å². The van der Waals surface area contributed by atoms with E-state index in [0.29, 0.717) is 32.6 Å². The molecule has 1 amide bonds. The van der Waals surface area contributed by atoms with Gasteiger partial charge in [0, 0.05) is 19.8 Å². The lowest BCUT2D eigenvalue weighted by molar-refractivity contribution is -0.136. The lowest BCUT2D eigenvalue weighted by Gasteiger charge is -2.35.